The zero-order chi connectivity index (χ0) is 16.1. The van der Waals surface area contributed by atoms with Gasteiger partial charge in [0.2, 0.25) is 0 Å². The van der Waals surface area contributed by atoms with Crippen LogP contribution in [0.15, 0.2) is 35.7 Å². The van der Waals surface area contributed by atoms with Gasteiger partial charge in [-0.05, 0) is 48.2 Å². The number of benzene rings is 1. The van der Waals surface area contributed by atoms with Crippen molar-refractivity contribution in [1.82, 2.24) is 10.9 Å². The molecular formula is C15H12Cl2N2O2S. The number of aryl methyl sites for hydroxylation is 1. The van der Waals surface area contributed by atoms with Crippen molar-refractivity contribution in [3.8, 4) is 0 Å². The third-order valence-electron chi connectivity index (χ3n) is 2.76. The lowest BCUT2D eigenvalue weighted by atomic mass is 10.2. The second kappa shape index (κ2) is 7.45. The molecule has 0 spiro atoms. The molecule has 0 aliphatic heterocycles. The van der Waals surface area contributed by atoms with E-state index in [1.165, 1.54) is 29.5 Å². The Morgan fingerprint density at radius 2 is 1.95 bits per heavy atom. The lowest BCUT2D eigenvalue weighted by molar-refractivity contribution is -0.117. The van der Waals surface area contributed by atoms with E-state index < -0.39 is 11.8 Å². The first kappa shape index (κ1) is 16.5. The molecular weight excluding hydrogens is 343 g/mol. The maximum atomic E-state index is 11.9. The number of thiophene rings is 1. The highest BCUT2D eigenvalue weighted by atomic mass is 35.5. The maximum Gasteiger partial charge on any atom is 0.271 e. The minimum Gasteiger partial charge on any atom is -0.268 e. The van der Waals surface area contributed by atoms with Gasteiger partial charge in [0.25, 0.3) is 11.8 Å². The van der Waals surface area contributed by atoms with Crippen LogP contribution in [0.5, 0.6) is 0 Å². The number of nitrogens with one attached hydrogen (secondary N) is 2. The standard InChI is InChI=1S/C15H12Cl2N2O2S/c1-9-6-7-22-13(9)4-5-14(20)18-19-15(21)11-8-10(16)2-3-12(11)17/h2-8H,1H3,(H,18,20)(H,19,21)/b5-4+. The van der Waals surface area contributed by atoms with Crippen LogP contribution in [0.25, 0.3) is 6.08 Å². The molecule has 2 aromatic rings. The Kier molecular flexibility index (Phi) is 5.60. The second-order valence-corrected chi connectivity index (χ2v) is 6.16. The van der Waals surface area contributed by atoms with Gasteiger partial charge in [0.05, 0.1) is 10.6 Å². The Labute approximate surface area is 141 Å². The summed E-state index contributed by atoms with van der Waals surface area (Å²) in [7, 11) is 0. The number of halogens is 2. The fourth-order valence-electron chi connectivity index (χ4n) is 1.61. The summed E-state index contributed by atoms with van der Waals surface area (Å²) in [5.74, 6) is -0.985. The summed E-state index contributed by atoms with van der Waals surface area (Å²) in [6, 6.07) is 6.48. The quantitative estimate of drug-likeness (QED) is 0.649. The first-order valence-corrected chi connectivity index (χ1v) is 7.88. The predicted molar refractivity (Wildman–Crippen MR) is 90.2 cm³/mol. The van der Waals surface area contributed by atoms with Gasteiger partial charge >= 0.3 is 0 Å². The third-order valence-corrected chi connectivity index (χ3v) is 4.31. The lowest BCUT2D eigenvalue weighted by Crippen LogP contribution is -2.40. The summed E-state index contributed by atoms with van der Waals surface area (Å²) in [6.45, 7) is 1.96. The molecule has 7 heteroatoms. The molecule has 0 aliphatic rings. The Bertz CT molecular complexity index is 741. The average molecular weight is 355 g/mol. The van der Waals surface area contributed by atoms with Crippen LogP contribution in [0.4, 0.5) is 0 Å². The number of hydrazine groups is 1. The lowest BCUT2D eigenvalue weighted by Gasteiger charge is -2.07. The van der Waals surface area contributed by atoms with Crippen LogP contribution in [0.3, 0.4) is 0 Å². The zero-order valence-corrected chi connectivity index (χ0v) is 13.9. The largest absolute Gasteiger partial charge is 0.271 e. The van der Waals surface area contributed by atoms with E-state index in [4.69, 9.17) is 23.2 Å². The summed E-state index contributed by atoms with van der Waals surface area (Å²) in [6.07, 6.45) is 3.03. The van der Waals surface area contributed by atoms with Gasteiger partial charge in [0, 0.05) is 16.0 Å². The number of carbonyl (C=O) groups is 2. The first-order valence-electron chi connectivity index (χ1n) is 6.25. The van der Waals surface area contributed by atoms with E-state index in [0.29, 0.717) is 5.02 Å². The van der Waals surface area contributed by atoms with E-state index in [0.717, 1.165) is 10.4 Å². The van der Waals surface area contributed by atoms with E-state index in [9.17, 15) is 9.59 Å². The predicted octanol–water partition coefficient (Wildman–Crippen LogP) is 3.84. The molecule has 22 heavy (non-hydrogen) atoms. The summed E-state index contributed by atoms with van der Waals surface area (Å²) in [5, 5.41) is 2.57. The number of carbonyl (C=O) groups excluding carboxylic acids is 2. The smallest absolute Gasteiger partial charge is 0.268 e. The normalized spacial score (nSPS) is 10.7. The van der Waals surface area contributed by atoms with Gasteiger partial charge in [0.1, 0.15) is 0 Å². The maximum absolute atomic E-state index is 11.9. The highest BCUT2D eigenvalue weighted by Gasteiger charge is 2.11. The van der Waals surface area contributed by atoms with E-state index in [1.807, 2.05) is 18.4 Å². The van der Waals surface area contributed by atoms with Crippen molar-refractivity contribution in [2.75, 3.05) is 0 Å². The van der Waals surface area contributed by atoms with Crippen molar-refractivity contribution < 1.29 is 9.59 Å². The van der Waals surface area contributed by atoms with Gasteiger partial charge in [-0.2, -0.15) is 0 Å². The SMILES string of the molecule is Cc1ccsc1/C=C/C(=O)NNC(=O)c1cc(Cl)ccc1Cl. The summed E-state index contributed by atoms with van der Waals surface area (Å²) < 4.78 is 0. The van der Waals surface area contributed by atoms with Crippen molar-refractivity contribution in [1.29, 1.82) is 0 Å². The molecule has 1 aromatic carbocycles. The average Bonchev–Trinajstić information content (AvgIpc) is 2.90. The van der Waals surface area contributed by atoms with Gasteiger partial charge in [-0.25, -0.2) is 0 Å². The molecule has 114 valence electrons. The molecule has 0 saturated carbocycles. The molecule has 0 radical (unpaired) electrons. The Morgan fingerprint density at radius 1 is 1.18 bits per heavy atom. The number of rotatable bonds is 3. The molecule has 0 bridgehead atoms. The van der Waals surface area contributed by atoms with Crippen LogP contribution in [-0.2, 0) is 4.79 Å². The monoisotopic (exact) mass is 354 g/mol. The van der Waals surface area contributed by atoms with Crippen LogP contribution in [0.1, 0.15) is 20.8 Å². The van der Waals surface area contributed by atoms with Crippen molar-refractivity contribution in [3.63, 3.8) is 0 Å². The second-order valence-electron chi connectivity index (χ2n) is 4.37. The van der Waals surface area contributed by atoms with Crippen LogP contribution >= 0.6 is 34.5 Å². The van der Waals surface area contributed by atoms with Crippen LogP contribution in [0, 0.1) is 6.92 Å². The van der Waals surface area contributed by atoms with Crippen molar-refractivity contribution >= 4 is 52.4 Å². The van der Waals surface area contributed by atoms with Crippen molar-refractivity contribution in [3.05, 3.63) is 61.8 Å². The molecule has 0 saturated heterocycles. The summed E-state index contributed by atoms with van der Waals surface area (Å²) in [5.41, 5.74) is 5.84. The van der Waals surface area contributed by atoms with Crippen LogP contribution in [-0.4, -0.2) is 11.8 Å². The Hall–Kier alpha value is -1.82. The van der Waals surface area contributed by atoms with E-state index >= 15 is 0 Å². The molecule has 2 N–H and O–H groups in total. The topological polar surface area (TPSA) is 58.2 Å². The van der Waals surface area contributed by atoms with Gasteiger partial charge in [0.15, 0.2) is 0 Å². The molecule has 1 aromatic heterocycles. The first-order chi connectivity index (χ1) is 10.5. The summed E-state index contributed by atoms with van der Waals surface area (Å²) in [4.78, 5) is 24.6. The Balaban J connectivity index is 1.93. The third kappa shape index (κ3) is 4.34. The molecule has 1 heterocycles. The van der Waals surface area contributed by atoms with Gasteiger partial charge in [-0.15, -0.1) is 11.3 Å². The molecule has 0 atom stereocenters. The molecule has 4 nitrogen and oxygen atoms in total. The van der Waals surface area contributed by atoms with E-state index in [1.54, 1.807) is 12.1 Å². The van der Waals surface area contributed by atoms with Crippen LogP contribution < -0.4 is 10.9 Å². The van der Waals surface area contributed by atoms with Crippen molar-refractivity contribution in [2.24, 2.45) is 0 Å². The van der Waals surface area contributed by atoms with E-state index in [-0.39, 0.29) is 10.6 Å². The van der Waals surface area contributed by atoms with Crippen molar-refractivity contribution in [2.45, 2.75) is 6.92 Å². The highest BCUT2D eigenvalue weighted by molar-refractivity contribution is 7.11. The fraction of sp³-hybridized carbons (Fsp3) is 0.0667. The number of hydrogen-bond donors (Lipinski definition) is 2. The number of amides is 2. The zero-order valence-electron chi connectivity index (χ0n) is 11.5. The minimum atomic E-state index is -0.540. The molecule has 2 amide bonds. The minimum absolute atomic E-state index is 0.188. The molecule has 0 aliphatic carbocycles. The van der Waals surface area contributed by atoms with Crippen LogP contribution in [0.2, 0.25) is 10.0 Å². The molecule has 0 fully saturated rings. The summed E-state index contributed by atoms with van der Waals surface area (Å²) >= 11 is 13.2. The molecule has 2 rings (SSSR count). The highest BCUT2D eigenvalue weighted by Crippen LogP contribution is 2.20. The van der Waals surface area contributed by atoms with Gasteiger partial charge < -0.3 is 0 Å². The fourth-order valence-corrected chi connectivity index (χ4v) is 2.80. The molecule has 0 unspecified atom stereocenters. The Morgan fingerprint density at radius 3 is 2.64 bits per heavy atom. The van der Waals surface area contributed by atoms with Gasteiger partial charge in [-0.3, -0.25) is 20.4 Å². The van der Waals surface area contributed by atoms with Gasteiger partial charge in [-0.1, -0.05) is 23.2 Å². The van der Waals surface area contributed by atoms with E-state index in [2.05, 4.69) is 10.9 Å². The number of hydrogen-bond acceptors (Lipinski definition) is 3.